The Labute approximate surface area is 57.7 Å². The first-order valence-corrected chi connectivity index (χ1v) is 3.43. The standard InChI is InChI=1S/C8H15O/c1-3-5-6-7-8-9-4-2/h6-7H,2-5,8H2,1H3/b7-6-. The van der Waals surface area contributed by atoms with Crippen LogP contribution < -0.4 is 0 Å². The van der Waals surface area contributed by atoms with Crippen LogP contribution >= 0.6 is 0 Å². The smallest absolute Gasteiger partial charge is 0.0647 e. The van der Waals surface area contributed by atoms with Gasteiger partial charge in [0.1, 0.15) is 0 Å². The van der Waals surface area contributed by atoms with Crippen molar-refractivity contribution in [2.75, 3.05) is 13.2 Å². The van der Waals surface area contributed by atoms with Crippen molar-refractivity contribution in [3.63, 3.8) is 0 Å². The van der Waals surface area contributed by atoms with Crippen LogP contribution in [0.1, 0.15) is 19.8 Å². The maximum atomic E-state index is 4.98. The zero-order chi connectivity index (χ0) is 6.95. The fourth-order valence-corrected chi connectivity index (χ4v) is 0.504. The van der Waals surface area contributed by atoms with E-state index in [1.165, 1.54) is 6.42 Å². The van der Waals surface area contributed by atoms with E-state index in [0.29, 0.717) is 13.2 Å². The van der Waals surface area contributed by atoms with Gasteiger partial charge in [-0.2, -0.15) is 0 Å². The maximum absolute atomic E-state index is 4.98. The largest absolute Gasteiger partial charge is 0.377 e. The molecule has 0 aromatic carbocycles. The van der Waals surface area contributed by atoms with Gasteiger partial charge in [-0.15, -0.1) is 0 Å². The minimum Gasteiger partial charge on any atom is -0.377 e. The van der Waals surface area contributed by atoms with E-state index >= 15 is 0 Å². The van der Waals surface area contributed by atoms with Crippen LogP contribution in [0.5, 0.6) is 0 Å². The van der Waals surface area contributed by atoms with E-state index in [1.807, 2.05) is 6.08 Å². The molecule has 0 aliphatic rings. The zero-order valence-corrected chi connectivity index (χ0v) is 6.10. The van der Waals surface area contributed by atoms with Crippen LogP contribution in [0, 0.1) is 6.92 Å². The van der Waals surface area contributed by atoms with Crippen molar-refractivity contribution in [3.05, 3.63) is 19.1 Å². The van der Waals surface area contributed by atoms with Gasteiger partial charge in [0.2, 0.25) is 0 Å². The van der Waals surface area contributed by atoms with Crippen LogP contribution in [0.2, 0.25) is 0 Å². The zero-order valence-electron chi connectivity index (χ0n) is 6.10. The van der Waals surface area contributed by atoms with Crippen molar-refractivity contribution < 1.29 is 4.74 Å². The summed E-state index contributed by atoms with van der Waals surface area (Å²) in [7, 11) is 0. The molecule has 0 aliphatic carbocycles. The highest BCUT2D eigenvalue weighted by Crippen LogP contribution is 1.87. The van der Waals surface area contributed by atoms with Gasteiger partial charge in [-0.3, -0.25) is 0 Å². The van der Waals surface area contributed by atoms with E-state index in [9.17, 15) is 0 Å². The average Bonchev–Trinajstić information content (AvgIpc) is 1.89. The summed E-state index contributed by atoms with van der Waals surface area (Å²) in [5, 5.41) is 0. The second kappa shape index (κ2) is 7.70. The summed E-state index contributed by atoms with van der Waals surface area (Å²) in [5.74, 6) is 0. The lowest BCUT2D eigenvalue weighted by Crippen LogP contribution is -1.87. The van der Waals surface area contributed by atoms with Crippen LogP contribution in [0.15, 0.2) is 12.2 Å². The summed E-state index contributed by atoms with van der Waals surface area (Å²) in [5.41, 5.74) is 0. The van der Waals surface area contributed by atoms with Crippen molar-refractivity contribution in [3.8, 4) is 0 Å². The Morgan fingerprint density at radius 1 is 1.44 bits per heavy atom. The van der Waals surface area contributed by atoms with Crippen LogP contribution in [0.25, 0.3) is 0 Å². The quantitative estimate of drug-likeness (QED) is 0.406. The van der Waals surface area contributed by atoms with Gasteiger partial charge in [0.25, 0.3) is 0 Å². The van der Waals surface area contributed by atoms with Crippen molar-refractivity contribution in [2.24, 2.45) is 0 Å². The Morgan fingerprint density at radius 3 is 2.78 bits per heavy atom. The number of ether oxygens (including phenoxy) is 1. The van der Waals surface area contributed by atoms with Crippen LogP contribution in [-0.4, -0.2) is 13.2 Å². The van der Waals surface area contributed by atoms with Crippen molar-refractivity contribution in [1.29, 1.82) is 0 Å². The third-order valence-corrected chi connectivity index (χ3v) is 0.980. The highest BCUT2D eigenvalue weighted by molar-refractivity contribution is 4.80. The maximum Gasteiger partial charge on any atom is 0.0647 e. The van der Waals surface area contributed by atoms with Gasteiger partial charge in [-0.05, 0) is 13.3 Å². The molecule has 0 amide bonds. The molecular weight excluding hydrogens is 112 g/mol. The third kappa shape index (κ3) is 7.70. The highest BCUT2D eigenvalue weighted by atomic mass is 16.5. The molecule has 1 nitrogen and oxygen atoms in total. The number of rotatable bonds is 5. The molecule has 0 heterocycles. The summed E-state index contributed by atoms with van der Waals surface area (Å²) in [6.45, 7) is 6.98. The molecule has 0 rings (SSSR count). The van der Waals surface area contributed by atoms with E-state index in [-0.39, 0.29) is 0 Å². The minimum absolute atomic E-state index is 0.566. The van der Waals surface area contributed by atoms with Crippen LogP contribution in [-0.2, 0) is 4.74 Å². The molecule has 0 aromatic rings. The van der Waals surface area contributed by atoms with E-state index in [1.54, 1.807) is 0 Å². The molecule has 0 bridgehead atoms. The number of hydrogen-bond acceptors (Lipinski definition) is 1. The van der Waals surface area contributed by atoms with Gasteiger partial charge in [-0.1, -0.05) is 25.5 Å². The molecule has 0 atom stereocenters. The molecule has 9 heavy (non-hydrogen) atoms. The fourth-order valence-electron chi connectivity index (χ4n) is 0.504. The Morgan fingerprint density at radius 2 is 2.22 bits per heavy atom. The second-order valence-electron chi connectivity index (χ2n) is 1.83. The first kappa shape index (κ1) is 8.70. The predicted octanol–water partition coefficient (Wildman–Crippen LogP) is 2.19. The lowest BCUT2D eigenvalue weighted by Gasteiger charge is -1.91. The molecule has 0 saturated carbocycles. The van der Waals surface area contributed by atoms with E-state index in [2.05, 4.69) is 19.9 Å². The number of hydrogen-bond donors (Lipinski definition) is 0. The summed E-state index contributed by atoms with van der Waals surface area (Å²) in [4.78, 5) is 0. The van der Waals surface area contributed by atoms with Gasteiger partial charge >= 0.3 is 0 Å². The van der Waals surface area contributed by atoms with Crippen molar-refractivity contribution in [2.45, 2.75) is 19.8 Å². The average molecular weight is 127 g/mol. The molecule has 53 valence electrons. The summed E-state index contributed by atoms with van der Waals surface area (Å²) < 4.78 is 4.98. The van der Waals surface area contributed by atoms with Crippen LogP contribution in [0.4, 0.5) is 0 Å². The number of allylic oxidation sites excluding steroid dienone is 1. The lowest BCUT2D eigenvalue weighted by atomic mass is 10.3. The Kier molecular flexibility index (Phi) is 7.44. The molecule has 1 radical (unpaired) electrons. The van der Waals surface area contributed by atoms with Gasteiger partial charge in [0.15, 0.2) is 0 Å². The molecule has 1 heteroatoms. The summed E-state index contributed by atoms with van der Waals surface area (Å²) >= 11 is 0. The van der Waals surface area contributed by atoms with Gasteiger partial charge < -0.3 is 4.74 Å². The van der Waals surface area contributed by atoms with Gasteiger partial charge in [0.05, 0.1) is 6.61 Å². The first-order chi connectivity index (χ1) is 4.41. The topological polar surface area (TPSA) is 9.23 Å². The highest BCUT2D eigenvalue weighted by Gasteiger charge is 1.74. The monoisotopic (exact) mass is 127 g/mol. The van der Waals surface area contributed by atoms with Crippen LogP contribution in [0.3, 0.4) is 0 Å². The van der Waals surface area contributed by atoms with Gasteiger partial charge in [0, 0.05) is 6.61 Å². The lowest BCUT2D eigenvalue weighted by molar-refractivity contribution is 0.192. The molecular formula is C8H15O. The number of unbranched alkanes of at least 4 members (excludes halogenated alkanes) is 1. The molecule has 0 N–H and O–H groups in total. The second-order valence-corrected chi connectivity index (χ2v) is 1.83. The van der Waals surface area contributed by atoms with E-state index < -0.39 is 0 Å². The SMILES string of the molecule is [CH2]COC/C=C\CCC. The normalized spacial score (nSPS) is 10.9. The van der Waals surface area contributed by atoms with Crippen molar-refractivity contribution in [1.82, 2.24) is 0 Å². The molecule has 0 fully saturated rings. The summed E-state index contributed by atoms with van der Waals surface area (Å²) in [6, 6.07) is 0. The molecule has 0 saturated heterocycles. The molecule has 0 unspecified atom stereocenters. The summed E-state index contributed by atoms with van der Waals surface area (Å²) in [6.07, 6.45) is 6.53. The van der Waals surface area contributed by atoms with E-state index in [4.69, 9.17) is 4.74 Å². The Bertz CT molecular complexity index is 67.0. The van der Waals surface area contributed by atoms with Crippen molar-refractivity contribution >= 4 is 0 Å². The predicted molar refractivity (Wildman–Crippen MR) is 40.2 cm³/mol. The first-order valence-electron chi connectivity index (χ1n) is 3.43. The third-order valence-electron chi connectivity index (χ3n) is 0.980. The van der Waals surface area contributed by atoms with E-state index in [0.717, 1.165) is 6.42 Å². The molecule has 0 aromatic heterocycles. The molecule has 0 aliphatic heterocycles. The van der Waals surface area contributed by atoms with Gasteiger partial charge in [-0.25, -0.2) is 0 Å². The Balaban J connectivity index is 2.86. The molecule has 0 spiro atoms. The minimum atomic E-state index is 0.566. The fraction of sp³-hybridized carbons (Fsp3) is 0.625. The Hall–Kier alpha value is -0.300.